The Morgan fingerprint density at radius 2 is 1.67 bits per heavy atom. The van der Waals surface area contributed by atoms with E-state index in [2.05, 4.69) is 10.2 Å². The van der Waals surface area contributed by atoms with E-state index in [1.165, 1.54) is 0 Å². The normalized spacial score (nSPS) is 11.8. The number of aryl methyl sites for hydroxylation is 1. The summed E-state index contributed by atoms with van der Waals surface area (Å²) in [6.45, 7) is 2.43. The van der Waals surface area contributed by atoms with Crippen molar-refractivity contribution in [1.29, 1.82) is 0 Å². The number of ether oxygens (including phenoxy) is 2. The van der Waals surface area contributed by atoms with Crippen molar-refractivity contribution in [2.75, 3.05) is 34.9 Å². The van der Waals surface area contributed by atoms with Gasteiger partial charge in [0, 0.05) is 18.3 Å². The quantitative estimate of drug-likeness (QED) is 0.366. The number of rotatable bonds is 9. The first-order valence-corrected chi connectivity index (χ1v) is 11.8. The van der Waals surface area contributed by atoms with Crippen molar-refractivity contribution < 1.29 is 14.3 Å². The Balaban J connectivity index is 1.64. The van der Waals surface area contributed by atoms with Crippen LogP contribution in [0.2, 0.25) is 0 Å². The van der Waals surface area contributed by atoms with E-state index >= 15 is 0 Å². The molecular formula is C29H32N4O3. The minimum atomic E-state index is -0.178. The topological polar surface area (TPSA) is 68.6 Å². The second-order valence-corrected chi connectivity index (χ2v) is 8.79. The number of nitrogens with zero attached hydrogens (tertiary/aromatic N) is 3. The fourth-order valence-corrected chi connectivity index (χ4v) is 4.23. The van der Waals surface area contributed by atoms with E-state index < -0.39 is 0 Å². The standard InChI is InChI=1S/C29H32N4O3/c1-20-11-9-10-14-23(20)28-24(19-33(31-28)22-12-7-6-8-13-22)29(34)30-18-25(32(2)3)21-15-16-26(35-4)27(17-21)36-5/h6-17,19,25H,18H2,1-5H3,(H,30,34)/t25-/m1/s1. The van der Waals surface area contributed by atoms with Crippen LogP contribution < -0.4 is 14.8 Å². The van der Waals surface area contributed by atoms with E-state index in [9.17, 15) is 4.79 Å². The van der Waals surface area contributed by atoms with Gasteiger partial charge in [0.15, 0.2) is 11.5 Å². The van der Waals surface area contributed by atoms with Crippen LogP contribution in [0.4, 0.5) is 0 Å². The smallest absolute Gasteiger partial charge is 0.255 e. The van der Waals surface area contributed by atoms with Gasteiger partial charge in [0.05, 0.1) is 31.5 Å². The van der Waals surface area contributed by atoms with Gasteiger partial charge in [-0.3, -0.25) is 4.79 Å². The Morgan fingerprint density at radius 3 is 2.33 bits per heavy atom. The fraction of sp³-hybridized carbons (Fsp3) is 0.241. The van der Waals surface area contributed by atoms with Gasteiger partial charge in [-0.2, -0.15) is 5.10 Å². The predicted molar refractivity (Wildman–Crippen MR) is 142 cm³/mol. The molecule has 0 saturated heterocycles. The molecule has 0 fully saturated rings. The number of carbonyl (C=O) groups excluding carboxylic acids is 1. The summed E-state index contributed by atoms with van der Waals surface area (Å²) in [4.78, 5) is 15.6. The summed E-state index contributed by atoms with van der Waals surface area (Å²) in [7, 11) is 7.20. The highest BCUT2D eigenvalue weighted by Gasteiger charge is 2.22. The van der Waals surface area contributed by atoms with Crippen molar-refractivity contribution in [2.24, 2.45) is 0 Å². The first kappa shape index (κ1) is 25.0. The SMILES string of the molecule is COc1ccc([C@@H](CNC(=O)c2cn(-c3ccccc3)nc2-c2ccccc2C)N(C)C)cc1OC. The number of aromatic nitrogens is 2. The number of hydrogen-bond acceptors (Lipinski definition) is 5. The molecule has 0 unspecified atom stereocenters. The summed E-state index contributed by atoms with van der Waals surface area (Å²) >= 11 is 0. The van der Waals surface area contributed by atoms with Crippen molar-refractivity contribution in [2.45, 2.75) is 13.0 Å². The maximum absolute atomic E-state index is 13.5. The Morgan fingerprint density at radius 1 is 0.972 bits per heavy atom. The molecule has 1 N–H and O–H groups in total. The van der Waals surface area contributed by atoms with E-state index in [-0.39, 0.29) is 11.9 Å². The molecule has 1 heterocycles. The molecule has 0 spiro atoms. The monoisotopic (exact) mass is 484 g/mol. The summed E-state index contributed by atoms with van der Waals surface area (Å²) in [5, 5.41) is 7.94. The fourth-order valence-electron chi connectivity index (χ4n) is 4.23. The summed E-state index contributed by atoms with van der Waals surface area (Å²) in [5.74, 6) is 1.14. The van der Waals surface area contributed by atoms with Gasteiger partial charge in [-0.25, -0.2) is 4.68 Å². The van der Waals surface area contributed by atoms with Crippen LogP contribution in [0.25, 0.3) is 16.9 Å². The number of benzene rings is 3. The lowest BCUT2D eigenvalue weighted by Crippen LogP contribution is -2.34. The Bertz CT molecular complexity index is 1330. The number of nitrogens with one attached hydrogen (secondary N) is 1. The predicted octanol–water partition coefficient (Wildman–Crippen LogP) is 4.90. The van der Waals surface area contributed by atoms with Crippen LogP contribution in [-0.2, 0) is 0 Å². The molecule has 4 rings (SSSR count). The highest BCUT2D eigenvalue weighted by molar-refractivity contribution is 6.00. The van der Waals surface area contributed by atoms with Crippen LogP contribution in [0, 0.1) is 6.92 Å². The molecule has 0 bridgehead atoms. The zero-order valence-corrected chi connectivity index (χ0v) is 21.4. The summed E-state index contributed by atoms with van der Waals surface area (Å²) in [6.07, 6.45) is 1.80. The number of hydrogen-bond donors (Lipinski definition) is 1. The third-order valence-corrected chi connectivity index (χ3v) is 6.25. The second kappa shape index (κ2) is 11.1. The lowest BCUT2D eigenvalue weighted by molar-refractivity contribution is 0.0942. The molecule has 0 saturated carbocycles. The first-order valence-electron chi connectivity index (χ1n) is 11.8. The highest BCUT2D eigenvalue weighted by Crippen LogP contribution is 2.31. The molecule has 1 aromatic heterocycles. The van der Waals surface area contributed by atoms with Crippen molar-refractivity contribution in [3.8, 4) is 28.4 Å². The maximum Gasteiger partial charge on any atom is 0.255 e. The molecule has 0 radical (unpaired) electrons. The summed E-state index contributed by atoms with van der Waals surface area (Å²) in [5.41, 5.74) is 5.07. The van der Waals surface area contributed by atoms with E-state index in [1.807, 2.05) is 93.8 Å². The lowest BCUT2D eigenvalue weighted by atomic mass is 10.0. The number of amides is 1. The minimum Gasteiger partial charge on any atom is -0.493 e. The second-order valence-electron chi connectivity index (χ2n) is 8.79. The van der Waals surface area contributed by atoms with Gasteiger partial charge in [0.2, 0.25) is 0 Å². The van der Waals surface area contributed by atoms with Crippen LogP contribution in [0.5, 0.6) is 11.5 Å². The van der Waals surface area contributed by atoms with Crippen LogP contribution >= 0.6 is 0 Å². The molecule has 186 valence electrons. The molecule has 7 heteroatoms. The molecule has 0 aliphatic rings. The Hall–Kier alpha value is -4.10. The molecular weight excluding hydrogens is 452 g/mol. The molecule has 1 amide bonds. The molecule has 0 aliphatic heterocycles. The van der Waals surface area contributed by atoms with Crippen molar-refractivity contribution in [1.82, 2.24) is 20.0 Å². The first-order chi connectivity index (χ1) is 17.4. The van der Waals surface area contributed by atoms with Crippen LogP contribution in [-0.4, -0.2) is 55.4 Å². The van der Waals surface area contributed by atoms with Gasteiger partial charge in [-0.15, -0.1) is 0 Å². The third kappa shape index (κ3) is 5.26. The van der Waals surface area contributed by atoms with E-state index in [0.717, 1.165) is 22.4 Å². The molecule has 0 aliphatic carbocycles. The Labute approximate surface area is 212 Å². The number of likely N-dealkylation sites (N-methyl/N-ethyl adjacent to an activating group) is 1. The van der Waals surface area contributed by atoms with E-state index in [4.69, 9.17) is 14.6 Å². The van der Waals surface area contributed by atoms with Crippen molar-refractivity contribution in [3.63, 3.8) is 0 Å². The molecule has 7 nitrogen and oxygen atoms in total. The number of carbonyl (C=O) groups is 1. The number of methoxy groups -OCH3 is 2. The van der Waals surface area contributed by atoms with Gasteiger partial charge in [-0.05, 0) is 56.4 Å². The largest absolute Gasteiger partial charge is 0.493 e. The average molecular weight is 485 g/mol. The highest BCUT2D eigenvalue weighted by atomic mass is 16.5. The van der Waals surface area contributed by atoms with Crippen molar-refractivity contribution >= 4 is 5.91 Å². The molecule has 36 heavy (non-hydrogen) atoms. The average Bonchev–Trinajstić information content (AvgIpc) is 3.34. The van der Waals surface area contributed by atoms with Gasteiger partial charge in [0.1, 0.15) is 5.69 Å². The Kier molecular flexibility index (Phi) is 7.71. The third-order valence-electron chi connectivity index (χ3n) is 6.25. The van der Waals surface area contributed by atoms with Gasteiger partial charge in [0.25, 0.3) is 5.91 Å². The zero-order chi connectivity index (χ0) is 25.7. The molecule has 1 atom stereocenters. The number of para-hydroxylation sites is 1. The lowest BCUT2D eigenvalue weighted by Gasteiger charge is -2.26. The van der Waals surface area contributed by atoms with E-state index in [0.29, 0.717) is 29.3 Å². The summed E-state index contributed by atoms with van der Waals surface area (Å²) in [6, 6.07) is 23.5. The molecule has 4 aromatic rings. The van der Waals surface area contributed by atoms with Gasteiger partial charge >= 0.3 is 0 Å². The van der Waals surface area contributed by atoms with Crippen LogP contribution in [0.3, 0.4) is 0 Å². The van der Waals surface area contributed by atoms with Crippen molar-refractivity contribution in [3.05, 3.63) is 95.7 Å². The van der Waals surface area contributed by atoms with Crippen LogP contribution in [0.1, 0.15) is 27.5 Å². The van der Waals surface area contributed by atoms with Gasteiger partial charge in [-0.1, -0.05) is 48.5 Å². The van der Waals surface area contributed by atoms with E-state index in [1.54, 1.807) is 25.1 Å². The van der Waals surface area contributed by atoms with Gasteiger partial charge < -0.3 is 19.7 Å². The van der Waals surface area contributed by atoms with Crippen LogP contribution in [0.15, 0.2) is 79.0 Å². The minimum absolute atomic E-state index is 0.0696. The maximum atomic E-state index is 13.5. The molecule has 3 aromatic carbocycles. The zero-order valence-electron chi connectivity index (χ0n) is 21.4. The summed E-state index contributed by atoms with van der Waals surface area (Å²) < 4.78 is 12.6.